The Kier molecular flexibility index (Phi) is 4.57. The minimum absolute atomic E-state index is 0.0441. The fourth-order valence-corrected chi connectivity index (χ4v) is 2.77. The maximum absolute atomic E-state index is 12.3. The molecule has 0 heterocycles. The summed E-state index contributed by atoms with van der Waals surface area (Å²) in [4.78, 5) is 12.3. The lowest BCUT2D eigenvalue weighted by Crippen LogP contribution is -2.14. The summed E-state index contributed by atoms with van der Waals surface area (Å²) in [6, 6.07) is 9.38. The quantitative estimate of drug-likeness (QED) is 0.811. The Labute approximate surface area is 114 Å². The van der Waals surface area contributed by atoms with E-state index < -0.39 is 5.92 Å². The van der Waals surface area contributed by atoms with Gasteiger partial charge in [-0.1, -0.05) is 37.8 Å². The van der Waals surface area contributed by atoms with Gasteiger partial charge in [0.15, 0.2) is 5.78 Å². The van der Waals surface area contributed by atoms with E-state index in [1.807, 2.05) is 18.2 Å². The number of hydrogen-bond donors (Lipinski definition) is 0. The molecule has 100 valence electrons. The molecule has 0 N–H and O–H groups in total. The summed E-state index contributed by atoms with van der Waals surface area (Å²) in [7, 11) is 1.58. The van der Waals surface area contributed by atoms with Crippen LogP contribution in [0.2, 0.25) is 0 Å². The van der Waals surface area contributed by atoms with Crippen molar-refractivity contribution in [2.24, 2.45) is 5.92 Å². The van der Waals surface area contributed by atoms with Crippen LogP contribution in [0.15, 0.2) is 24.3 Å². The highest BCUT2D eigenvalue weighted by Gasteiger charge is 2.25. The number of carbonyl (C=O) groups is 1. The van der Waals surface area contributed by atoms with Crippen LogP contribution in [0.4, 0.5) is 0 Å². The average Bonchev–Trinajstić information content (AvgIpc) is 2.92. The third-order valence-electron chi connectivity index (χ3n) is 3.84. The molecule has 0 spiro atoms. The first-order valence-corrected chi connectivity index (χ1v) is 6.81. The molecule has 1 unspecified atom stereocenters. The molecule has 1 aliphatic rings. The largest absolute Gasteiger partial charge is 0.497 e. The van der Waals surface area contributed by atoms with E-state index in [1.54, 1.807) is 13.2 Å². The van der Waals surface area contributed by atoms with Gasteiger partial charge in [-0.05, 0) is 23.6 Å². The first-order valence-electron chi connectivity index (χ1n) is 6.81. The summed E-state index contributed by atoms with van der Waals surface area (Å²) in [5.74, 6) is 0.554. The van der Waals surface area contributed by atoms with Crippen LogP contribution in [0, 0.1) is 17.2 Å². The highest BCUT2D eigenvalue weighted by atomic mass is 16.5. The van der Waals surface area contributed by atoms with Crippen LogP contribution in [-0.2, 0) is 4.79 Å². The monoisotopic (exact) mass is 257 g/mol. The molecule has 0 saturated heterocycles. The SMILES string of the molecule is COc1cccc(C(C#N)C(=O)CC2CCCC2)c1. The fraction of sp³-hybridized carbons (Fsp3) is 0.500. The lowest BCUT2D eigenvalue weighted by atomic mass is 9.89. The Balaban J connectivity index is 2.09. The standard InChI is InChI=1S/C16H19NO2/c1-19-14-8-4-7-13(10-14)15(11-17)16(18)9-12-5-2-3-6-12/h4,7-8,10,12,15H,2-3,5-6,9H2,1H3. The van der Waals surface area contributed by atoms with E-state index >= 15 is 0 Å². The van der Waals surface area contributed by atoms with Gasteiger partial charge < -0.3 is 4.74 Å². The second-order valence-electron chi connectivity index (χ2n) is 5.16. The Hall–Kier alpha value is -1.82. The number of methoxy groups -OCH3 is 1. The number of rotatable bonds is 5. The number of nitrogens with zero attached hydrogens (tertiary/aromatic N) is 1. The maximum Gasteiger partial charge on any atom is 0.154 e. The van der Waals surface area contributed by atoms with Crippen molar-refractivity contribution in [3.63, 3.8) is 0 Å². The van der Waals surface area contributed by atoms with Crippen LogP contribution in [-0.4, -0.2) is 12.9 Å². The molecule has 0 radical (unpaired) electrons. The highest BCUT2D eigenvalue weighted by molar-refractivity contribution is 5.88. The van der Waals surface area contributed by atoms with E-state index in [0.29, 0.717) is 18.1 Å². The van der Waals surface area contributed by atoms with Crippen LogP contribution in [0.25, 0.3) is 0 Å². The van der Waals surface area contributed by atoms with E-state index in [2.05, 4.69) is 6.07 Å². The van der Waals surface area contributed by atoms with Gasteiger partial charge in [0.05, 0.1) is 13.2 Å². The number of carbonyl (C=O) groups excluding carboxylic acids is 1. The maximum atomic E-state index is 12.3. The molecule has 3 heteroatoms. The molecule has 1 aromatic rings. The molecule has 1 saturated carbocycles. The highest BCUT2D eigenvalue weighted by Crippen LogP contribution is 2.31. The molecule has 0 amide bonds. The topological polar surface area (TPSA) is 50.1 Å². The second kappa shape index (κ2) is 6.38. The molecule has 1 aliphatic carbocycles. The van der Waals surface area contributed by atoms with Gasteiger partial charge in [0, 0.05) is 6.42 Å². The van der Waals surface area contributed by atoms with Gasteiger partial charge in [0.2, 0.25) is 0 Å². The Morgan fingerprint density at radius 3 is 2.84 bits per heavy atom. The molecule has 3 nitrogen and oxygen atoms in total. The molecule has 0 aromatic heterocycles. The molecule has 19 heavy (non-hydrogen) atoms. The van der Waals surface area contributed by atoms with Crippen LogP contribution in [0.5, 0.6) is 5.75 Å². The predicted molar refractivity (Wildman–Crippen MR) is 72.9 cm³/mol. The van der Waals surface area contributed by atoms with E-state index in [0.717, 1.165) is 18.4 Å². The van der Waals surface area contributed by atoms with Gasteiger partial charge in [-0.25, -0.2) is 0 Å². The number of ether oxygens (including phenoxy) is 1. The summed E-state index contributed by atoms with van der Waals surface area (Å²) < 4.78 is 5.14. The summed E-state index contributed by atoms with van der Waals surface area (Å²) in [5.41, 5.74) is 0.741. The smallest absolute Gasteiger partial charge is 0.154 e. The first-order chi connectivity index (χ1) is 9.24. The molecule has 1 atom stereocenters. The second-order valence-corrected chi connectivity index (χ2v) is 5.16. The zero-order valence-corrected chi connectivity index (χ0v) is 11.3. The third-order valence-corrected chi connectivity index (χ3v) is 3.84. The van der Waals surface area contributed by atoms with Crippen LogP contribution in [0.3, 0.4) is 0 Å². The average molecular weight is 257 g/mol. The summed E-state index contributed by atoms with van der Waals surface area (Å²) >= 11 is 0. The Morgan fingerprint density at radius 2 is 2.21 bits per heavy atom. The van der Waals surface area contributed by atoms with Crippen molar-refractivity contribution in [3.05, 3.63) is 29.8 Å². The van der Waals surface area contributed by atoms with Gasteiger partial charge in [0.25, 0.3) is 0 Å². The van der Waals surface area contributed by atoms with Gasteiger partial charge in [-0.15, -0.1) is 0 Å². The zero-order valence-electron chi connectivity index (χ0n) is 11.3. The van der Waals surface area contributed by atoms with Gasteiger partial charge in [-0.3, -0.25) is 4.79 Å². The summed E-state index contributed by atoms with van der Waals surface area (Å²) in [6.45, 7) is 0. The summed E-state index contributed by atoms with van der Waals surface area (Å²) in [5, 5.41) is 9.28. The van der Waals surface area contributed by atoms with Crippen molar-refractivity contribution in [2.45, 2.75) is 38.0 Å². The number of Topliss-reactive ketones (excluding diaryl/α,β-unsaturated/α-hetero) is 1. The van der Waals surface area contributed by atoms with Crippen molar-refractivity contribution < 1.29 is 9.53 Å². The van der Waals surface area contributed by atoms with Gasteiger partial charge in [-0.2, -0.15) is 5.26 Å². The molecular formula is C16H19NO2. The van der Waals surface area contributed by atoms with Crippen molar-refractivity contribution in [1.29, 1.82) is 5.26 Å². The van der Waals surface area contributed by atoms with E-state index in [1.165, 1.54) is 12.8 Å². The number of nitriles is 1. The van der Waals surface area contributed by atoms with Crippen LogP contribution < -0.4 is 4.74 Å². The van der Waals surface area contributed by atoms with Crippen molar-refractivity contribution >= 4 is 5.78 Å². The Morgan fingerprint density at radius 1 is 1.47 bits per heavy atom. The van der Waals surface area contributed by atoms with Crippen molar-refractivity contribution in [2.75, 3.05) is 7.11 Å². The molecular weight excluding hydrogens is 238 g/mol. The minimum atomic E-state index is -0.657. The number of hydrogen-bond acceptors (Lipinski definition) is 3. The molecule has 0 aliphatic heterocycles. The van der Waals surface area contributed by atoms with E-state index in [9.17, 15) is 10.1 Å². The van der Waals surface area contributed by atoms with Gasteiger partial charge >= 0.3 is 0 Å². The first kappa shape index (κ1) is 13.6. The normalized spacial score (nSPS) is 16.8. The Bertz CT molecular complexity index is 484. The van der Waals surface area contributed by atoms with Gasteiger partial charge in [0.1, 0.15) is 11.7 Å². The molecule has 2 rings (SSSR count). The lowest BCUT2D eigenvalue weighted by molar-refractivity contribution is -0.120. The predicted octanol–water partition coefficient (Wildman–Crippen LogP) is 3.45. The van der Waals surface area contributed by atoms with Crippen molar-refractivity contribution in [1.82, 2.24) is 0 Å². The van der Waals surface area contributed by atoms with E-state index in [4.69, 9.17) is 4.74 Å². The van der Waals surface area contributed by atoms with Crippen LogP contribution >= 0.6 is 0 Å². The minimum Gasteiger partial charge on any atom is -0.497 e. The van der Waals surface area contributed by atoms with Crippen LogP contribution in [0.1, 0.15) is 43.6 Å². The lowest BCUT2D eigenvalue weighted by Gasteiger charge is -2.13. The van der Waals surface area contributed by atoms with E-state index in [-0.39, 0.29) is 5.78 Å². The number of benzene rings is 1. The molecule has 1 aromatic carbocycles. The fourth-order valence-electron chi connectivity index (χ4n) is 2.77. The zero-order chi connectivity index (χ0) is 13.7. The molecule has 1 fully saturated rings. The summed E-state index contributed by atoms with van der Waals surface area (Å²) in [6.07, 6.45) is 5.22. The third kappa shape index (κ3) is 3.35. The number of ketones is 1. The molecule has 0 bridgehead atoms. The van der Waals surface area contributed by atoms with Crippen molar-refractivity contribution in [3.8, 4) is 11.8 Å².